The summed E-state index contributed by atoms with van der Waals surface area (Å²) in [6.07, 6.45) is 0.544. The molecule has 0 bridgehead atoms. The van der Waals surface area contributed by atoms with Gasteiger partial charge >= 0.3 is 0 Å². The largest absolute Gasteiger partial charge is 0.387 e. The van der Waals surface area contributed by atoms with Crippen LogP contribution in [0.3, 0.4) is 0 Å². The highest BCUT2D eigenvalue weighted by molar-refractivity contribution is 5.58. The van der Waals surface area contributed by atoms with Crippen molar-refractivity contribution in [1.29, 1.82) is 0 Å². The number of rotatable bonds is 2. The highest BCUT2D eigenvalue weighted by Crippen LogP contribution is 2.28. The minimum Gasteiger partial charge on any atom is -0.387 e. The molecule has 1 aliphatic rings. The Hall–Kier alpha value is -1.06. The summed E-state index contributed by atoms with van der Waals surface area (Å²) in [5.41, 5.74) is 8.94. The second-order valence-corrected chi connectivity index (χ2v) is 3.81. The SMILES string of the molecule is CN1CCc2cc([C@@H](O)CN)ccc21. The smallest absolute Gasteiger partial charge is 0.0912 e. The van der Waals surface area contributed by atoms with Gasteiger partial charge in [0, 0.05) is 25.8 Å². The molecule has 14 heavy (non-hydrogen) atoms. The van der Waals surface area contributed by atoms with Crippen LogP contribution in [0.25, 0.3) is 0 Å². The highest BCUT2D eigenvalue weighted by Gasteiger charge is 2.16. The van der Waals surface area contributed by atoms with Gasteiger partial charge in [0.2, 0.25) is 0 Å². The zero-order valence-corrected chi connectivity index (χ0v) is 8.40. The fourth-order valence-electron chi connectivity index (χ4n) is 1.93. The number of anilines is 1. The van der Waals surface area contributed by atoms with Gasteiger partial charge in [-0.25, -0.2) is 0 Å². The summed E-state index contributed by atoms with van der Waals surface area (Å²) < 4.78 is 0. The van der Waals surface area contributed by atoms with Crippen molar-refractivity contribution in [3.05, 3.63) is 29.3 Å². The molecule has 76 valence electrons. The number of nitrogens with two attached hydrogens (primary N) is 1. The van der Waals surface area contributed by atoms with E-state index in [9.17, 15) is 5.11 Å². The van der Waals surface area contributed by atoms with Crippen LogP contribution < -0.4 is 10.6 Å². The Labute approximate surface area is 84.1 Å². The van der Waals surface area contributed by atoms with E-state index in [1.54, 1.807) is 0 Å². The van der Waals surface area contributed by atoms with E-state index in [4.69, 9.17) is 5.73 Å². The maximum Gasteiger partial charge on any atom is 0.0912 e. The molecule has 0 aromatic heterocycles. The number of likely N-dealkylation sites (N-methyl/N-ethyl adjacent to an activating group) is 1. The Morgan fingerprint density at radius 1 is 1.57 bits per heavy atom. The predicted molar refractivity (Wildman–Crippen MR) is 57.4 cm³/mol. The number of aliphatic hydroxyl groups is 1. The van der Waals surface area contributed by atoms with Crippen molar-refractivity contribution in [2.24, 2.45) is 5.73 Å². The van der Waals surface area contributed by atoms with Crippen LogP contribution in [-0.2, 0) is 6.42 Å². The van der Waals surface area contributed by atoms with Gasteiger partial charge in [0.05, 0.1) is 6.10 Å². The van der Waals surface area contributed by atoms with Gasteiger partial charge < -0.3 is 15.7 Å². The predicted octanol–water partition coefficient (Wildman–Crippen LogP) is 0.671. The molecule has 0 fully saturated rings. The van der Waals surface area contributed by atoms with E-state index in [1.165, 1.54) is 11.3 Å². The van der Waals surface area contributed by atoms with Gasteiger partial charge in [0.25, 0.3) is 0 Å². The molecule has 0 amide bonds. The topological polar surface area (TPSA) is 49.5 Å². The molecule has 0 spiro atoms. The average molecular weight is 192 g/mol. The summed E-state index contributed by atoms with van der Waals surface area (Å²) >= 11 is 0. The lowest BCUT2D eigenvalue weighted by Crippen LogP contribution is -2.13. The number of hydrogen-bond acceptors (Lipinski definition) is 3. The molecule has 3 heteroatoms. The second kappa shape index (κ2) is 3.59. The first-order valence-corrected chi connectivity index (χ1v) is 4.94. The summed E-state index contributed by atoms with van der Waals surface area (Å²) in [6, 6.07) is 6.09. The molecular weight excluding hydrogens is 176 g/mol. The van der Waals surface area contributed by atoms with E-state index in [1.807, 2.05) is 6.07 Å². The summed E-state index contributed by atoms with van der Waals surface area (Å²) in [6.45, 7) is 1.35. The van der Waals surface area contributed by atoms with Gasteiger partial charge in [0.15, 0.2) is 0 Å². The first-order valence-electron chi connectivity index (χ1n) is 4.94. The zero-order chi connectivity index (χ0) is 10.1. The van der Waals surface area contributed by atoms with Crippen LogP contribution in [0.1, 0.15) is 17.2 Å². The average Bonchev–Trinajstić information content (AvgIpc) is 2.59. The minimum atomic E-state index is -0.522. The van der Waals surface area contributed by atoms with E-state index in [0.29, 0.717) is 0 Å². The van der Waals surface area contributed by atoms with Crippen molar-refractivity contribution in [3.63, 3.8) is 0 Å². The molecule has 1 heterocycles. The van der Waals surface area contributed by atoms with Gasteiger partial charge in [-0.3, -0.25) is 0 Å². The first-order chi connectivity index (χ1) is 6.72. The molecule has 1 aliphatic heterocycles. The lowest BCUT2D eigenvalue weighted by Gasteiger charge is -2.13. The summed E-state index contributed by atoms with van der Waals surface area (Å²) in [4.78, 5) is 2.23. The zero-order valence-electron chi connectivity index (χ0n) is 8.40. The van der Waals surface area contributed by atoms with Crippen molar-refractivity contribution in [3.8, 4) is 0 Å². The standard InChI is InChI=1S/C11H16N2O/c1-13-5-4-8-6-9(11(14)7-12)2-3-10(8)13/h2-3,6,11,14H,4-5,7,12H2,1H3/t11-/m0/s1. The van der Waals surface area contributed by atoms with Gasteiger partial charge in [-0.1, -0.05) is 12.1 Å². The Balaban J connectivity index is 2.32. The number of aliphatic hydroxyl groups excluding tert-OH is 1. The van der Waals surface area contributed by atoms with Crippen LogP contribution >= 0.6 is 0 Å². The van der Waals surface area contributed by atoms with Crippen molar-refractivity contribution in [1.82, 2.24) is 0 Å². The van der Waals surface area contributed by atoms with Crippen molar-refractivity contribution < 1.29 is 5.11 Å². The second-order valence-electron chi connectivity index (χ2n) is 3.81. The molecule has 3 nitrogen and oxygen atoms in total. The van der Waals surface area contributed by atoms with Gasteiger partial charge in [-0.15, -0.1) is 0 Å². The molecule has 3 N–H and O–H groups in total. The molecule has 2 rings (SSSR count). The monoisotopic (exact) mass is 192 g/mol. The minimum absolute atomic E-state index is 0.286. The fourth-order valence-corrected chi connectivity index (χ4v) is 1.93. The summed E-state index contributed by atoms with van der Waals surface area (Å²) in [5.74, 6) is 0. The molecule has 1 atom stereocenters. The van der Waals surface area contributed by atoms with E-state index in [-0.39, 0.29) is 6.54 Å². The molecule has 0 saturated carbocycles. The van der Waals surface area contributed by atoms with Crippen molar-refractivity contribution in [2.45, 2.75) is 12.5 Å². The Kier molecular flexibility index (Phi) is 2.44. The first kappa shape index (κ1) is 9.49. The normalized spacial score (nSPS) is 16.9. The lowest BCUT2D eigenvalue weighted by atomic mass is 10.0. The fraction of sp³-hybridized carbons (Fsp3) is 0.455. The van der Waals surface area contributed by atoms with Gasteiger partial charge in [-0.05, 0) is 23.6 Å². The lowest BCUT2D eigenvalue weighted by molar-refractivity contribution is 0.186. The van der Waals surface area contributed by atoms with Gasteiger partial charge in [-0.2, -0.15) is 0 Å². The molecule has 0 unspecified atom stereocenters. The Morgan fingerprint density at radius 3 is 3.07 bits per heavy atom. The van der Waals surface area contributed by atoms with Crippen LogP contribution in [0.2, 0.25) is 0 Å². The number of hydrogen-bond donors (Lipinski definition) is 2. The van der Waals surface area contributed by atoms with Gasteiger partial charge in [0.1, 0.15) is 0 Å². The van der Waals surface area contributed by atoms with Crippen LogP contribution in [-0.4, -0.2) is 25.2 Å². The highest BCUT2D eigenvalue weighted by atomic mass is 16.3. The van der Waals surface area contributed by atoms with Crippen LogP contribution in [0.15, 0.2) is 18.2 Å². The molecule has 1 aromatic carbocycles. The van der Waals surface area contributed by atoms with E-state index in [2.05, 4.69) is 24.1 Å². The third-order valence-electron chi connectivity index (χ3n) is 2.84. The Morgan fingerprint density at radius 2 is 2.36 bits per heavy atom. The van der Waals surface area contributed by atoms with E-state index >= 15 is 0 Å². The molecule has 1 aromatic rings. The molecule has 0 aliphatic carbocycles. The molecule has 0 radical (unpaired) electrons. The maximum absolute atomic E-state index is 9.59. The molecule has 0 saturated heterocycles. The summed E-state index contributed by atoms with van der Waals surface area (Å²) in [5, 5.41) is 9.59. The van der Waals surface area contributed by atoms with Crippen LogP contribution in [0, 0.1) is 0 Å². The van der Waals surface area contributed by atoms with Crippen LogP contribution in [0.4, 0.5) is 5.69 Å². The molecular formula is C11H16N2O. The van der Waals surface area contributed by atoms with E-state index < -0.39 is 6.10 Å². The van der Waals surface area contributed by atoms with Crippen molar-refractivity contribution >= 4 is 5.69 Å². The third kappa shape index (κ3) is 1.49. The Bertz CT molecular complexity index is 338. The third-order valence-corrected chi connectivity index (χ3v) is 2.84. The maximum atomic E-state index is 9.59. The quantitative estimate of drug-likeness (QED) is 0.724. The summed E-state index contributed by atoms with van der Waals surface area (Å²) in [7, 11) is 2.09. The van der Waals surface area contributed by atoms with Crippen LogP contribution in [0.5, 0.6) is 0 Å². The number of fused-ring (bicyclic) bond motifs is 1. The van der Waals surface area contributed by atoms with Crippen molar-refractivity contribution in [2.75, 3.05) is 25.0 Å². The number of nitrogens with zero attached hydrogens (tertiary/aromatic N) is 1. The van der Waals surface area contributed by atoms with E-state index in [0.717, 1.165) is 18.5 Å². The number of benzene rings is 1.